The summed E-state index contributed by atoms with van der Waals surface area (Å²) in [5, 5.41) is 1.82. The number of carbonyl (C=O) groups is 1. The third-order valence-corrected chi connectivity index (χ3v) is 3.57. The number of ether oxygens (including phenoxy) is 1. The van der Waals surface area contributed by atoms with Crippen molar-refractivity contribution in [1.29, 1.82) is 0 Å². The van der Waals surface area contributed by atoms with Crippen LogP contribution >= 0.6 is 11.3 Å². The summed E-state index contributed by atoms with van der Waals surface area (Å²) in [6, 6.07) is 1.77. The van der Waals surface area contributed by atoms with Crippen LogP contribution in [0.15, 0.2) is 11.4 Å². The highest BCUT2D eigenvalue weighted by Gasteiger charge is 2.19. The molecule has 1 aliphatic rings. The van der Waals surface area contributed by atoms with E-state index >= 15 is 0 Å². The molecule has 1 N–H and O–H groups in total. The Bertz CT molecular complexity index is 358. The molecule has 1 heterocycles. The lowest BCUT2D eigenvalue weighted by Crippen LogP contribution is -2.27. The molecule has 0 bridgehead atoms. The van der Waals surface area contributed by atoms with E-state index in [0.717, 1.165) is 12.8 Å². The number of hydroxylamine groups is 1. The number of hydrogen-bond donors (Lipinski definition) is 1. The number of nitrogens with one attached hydrogen (secondary N) is 1. The highest BCUT2D eigenvalue weighted by molar-refractivity contribution is 7.12. The van der Waals surface area contributed by atoms with Crippen LogP contribution in [-0.2, 0) is 4.84 Å². The summed E-state index contributed by atoms with van der Waals surface area (Å²) in [5.74, 6) is 0.372. The Hall–Kier alpha value is -1.07. The summed E-state index contributed by atoms with van der Waals surface area (Å²) in [6.45, 7) is 0. The predicted octanol–water partition coefficient (Wildman–Crippen LogP) is 2.36. The molecule has 16 heavy (non-hydrogen) atoms. The van der Waals surface area contributed by atoms with Gasteiger partial charge in [-0.2, -0.15) is 0 Å². The van der Waals surface area contributed by atoms with E-state index in [1.165, 1.54) is 24.2 Å². The van der Waals surface area contributed by atoms with Gasteiger partial charge in [0, 0.05) is 0 Å². The Morgan fingerprint density at radius 3 is 2.94 bits per heavy atom. The molecule has 88 valence electrons. The van der Waals surface area contributed by atoms with Crippen molar-refractivity contribution in [3.05, 3.63) is 16.3 Å². The lowest BCUT2D eigenvalue weighted by molar-refractivity contribution is -0.0123. The van der Waals surface area contributed by atoms with Crippen molar-refractivity contribution in [3.8, 4) is 5.75 Å². The van der Waals surface area contributed by atoms with Crippen LogP contribution in [0.2, 0.25) is 0 Å². The molecule has 0 spiro atoms. The number of hydrogen-bond acceptors (Lipinski definition) is 4. The van der Waals surface area contributed by atoms with Gasteiger partial charge in [0.05, 0.1) is 13.2 Å². The van der Waals surface area contributed by atoms with E-state index in [9.17, 15) is 4.79 Å². The Morgan fingerprint density at radius 2 is 2.25 bits per heavy atom. The number of amides is 1. The number of methoxy groups -OCH3 is 1. The van der Waals surface area contributed by atoms with Gasteiger partial charge >= 0.3 is 0 Å². The molecule has 0 radical (unpaired) electrons. The Kier molecular flexibility index (Phi) is 3.79. The molecule has 4 nitrogen and oxygen atoms in total. The third kappa shape index (κ3) is 2.54. The first-order valence-electron chi connectivity index (χ1n) is 5.38. The smallest absolute Gasteiger partial charge is 0.288 e. The van der Waals surface area contributed by atoms with Crippen LogP contribution in [0.25, 0.3) is 0 Å². The van der Waals surface area contributed by atoms with Crippen LogP contribution in [0.3, 0.4) is 0 Å². The number of carbonyl (C=O) groups excluding carboxylic acids is 1. The van der Waals surface area contributed by atoms with Crippen LogP contribution in [0.5, 0.6) is 5.75 Å². The first kappa shape index (κ1) is 11.4. The van der Waals surface area contributed by atoms with E-state index in [2.05, 4.69) is 5.48 Å². The lowest BCUT2D eigenvalue weighted by atomic mass is 10.3. The van der Waals surface area contributed by atoms with Crippen LogP contribution in [0.1, 0.15) is 35.4 Å². The lowest BCUT2D eigenvalue weighted by Gasteiger charge is -2.11. The first-order valence-corrected chi connectivity index (χ1v) is 6.26. The Labute approximate surface area is 98.5 Å². The number of rotatable bonds is 4. The normalized spacial score (nSPS) is 16.3. The Balaban J connectivity index is 1.87. The molecule has 1 aliphatic carbocycles. The van der Waals surface area contributed by atoms with Gasteiger partial charge < -0.3 is 4.74 Å². The van der Waals surface area contributed by atoms with Crippen molar-refractivity contribution in [2.24, 2.45) is 0 Å². The average molecular weight is 241 g/mol. The zero-order valence-corrected chi connectivity index (χ0v) is 10.0. The van der Waals surface area contributed by atoms with E-state index in [-0.39, 0.29) is 12.0 Å². The summed E-state index contributed by atoms with van der Waals surface area (Å²) >= 11 is 1.35. The maximum absolute atomic E-state index is 11.7. The van der Waals surface area contributed by atoms with E-state index in [0.29, 0.717) is 10.6 Å². The minimum Gasteiger partial charge on any atom is -0.495 e. The topological polar surface area (TPSA) is 47.6 Å². The maximum atomic E-state index is 11.7. The predicted molar refractivity (Wildman–Crippen MR) is 61.7 cm³/mol. The van der Waals surface area contributed by atoms with Crippen molar-refractivity contribution < 1.29 is 14.4 Å². The number of thiophene rings is 1. The van der Waals surface area contributed by atoms with Gasteiger partial charge in [-0.15, -0.1) is 11.3 Å². The molecule has 0 saturated heterocycles. The highest BCUT2D eigenvalue weighted by atomic mass is 32.1. The molecule has 1 saturated carbocycles. The van der Waals surface area contributed by atoms with E-state index < -0.39 is 0 Å². The van der Waals surface area contributed by atoms with E-state index in [1.807, 2.05) is 5.38 Å². The van der Waals surface area contributed by atoms with Crippen molar-refractivity contribution in [1.82, 2.24) is 5.48 Å². The summed E-state index contributed by atoms with van der Waals surface area (Å²) < 4.78 is 5.07. The van der Waals surface area contributed by atoms with Crippen molar-refractivity contribution in [3.63, 3.8) is 0 Å². The van der Waals surface area contributed by atoms with Crippen LogP contribution in [0.4, 0.5) is 0 Å². The van der Waals surface area contributed by atoms with Gasteiger partial charge in [0.2, 0.25) is 0 Å². The second kappa shape index (κ2) is 5.32. The van der Waals surface area contributed by atoms with Gasteiger partial charge in [-0.3, -0.25) is 9.63 Å². The monoisotopic (exact) mass is 241 g/mol. The molecule has 0 aromatic carbocycles. The first-order chi connectivity index (χ1) is 7.81. The molecule has 1 aromatic heterocycles. The standard InChI is InChI=1S/C11H15NO3S/c1-14-9-6-7-16-10(9)11(13)12-15-8-4-2-3-5-8/h6-8H,2-5H2,1H3,(H,12,13). The van der Waals surface area contributed by atoms with Gasteiger partial charge in [0.1, 0.15) is 10.6 Å². The summed E-state index contributed by atoms with van der Waals surface area (Å²) in [7, 11) is 1.55. The summed E-state index contributed by atoms with van der Waals surface area (Å²) in [4.78, 5) is 17.6. The van der Waals surface area contributed by atoms with Gasteiger partial charge in [-0.05, 0) is 24.3 Å². The average Bonchev–Trinajstić information content (AvgIpc) is 2.96. The quantitative estimate of drug-likeness (QED) is 0.823. The van der Waals surface area contributed by atoms with Crippen molar-refractivity contribution >= 4 is 17.2 Å². The fraction of sp³-hybridized carbons (Fsp3) is 0.545. The largest absolute Gasteiger partial charge is 0.495 e. The van der Waals surface area contributed by atoms with Crippen LogP contribution < -0.4 is 10.2 Å². The SMILES string of the molecule is COc1ccsc1C(=O)NOC1CCCC1. The molecule has 0 aliphatic heterocycles. The van der Waals surface area contributed by atoms with E-state index in [1.54, 1.807) is 13.2 Å². The molecule has 5 heteroatoms. The van der Waals surface area contributed by atoms with Crippen molar-refractivity contribution in [2.75, 3.05) is 7.11 Å². The van der Waals surface area contributed by atoms with E-state index in [4.69, 9.17) is 9.57 Å². The maximum Gasteiger partial charge on any atom is 0.288 e. The second-order valence-electron chi connectivity index (χ2n) is 3.77. The second-order valence-corrected chi connectivity index (χ2v) is 4.69. The van der Waals surface area contributed by atoms with Gasteiger partial charge in [0.15, 0.2) is 0 Å². The van der Waals surface area contributed by atoms with Crippen molar-refractivity contribution in [2.45, 2.75) is 31.8 Å². The Morgan fingerprint density at radius 1 is 1.50 bits per heavy atom. The minimum atomic E-state index is -0.223. The molecule has 0 unspecified atom stereocenters. The minimum absolute atomic E-state index is 0.176. The molecule has 0 atom stereocenters. The van der Waals surface area contributed by atoms with Crippen LogP contribution in [0, 0.1) is 0 Å². The van der Waals surface area contributed by atoms with Crippen LogP contribution in [-0.4, -0.2) is 19.1 Å². The molecule has 1 aromatic rings. The highest BCUT2D eigenvalue weighted by Crippen LogP contribution is 2.25. The van der Waals surface area contributed by atoms with Gasteiger partial charge in [-0.1, -0.05) is 12.8 Å². The molecular weight excluding hydrogens is 226 g/mol. The summed E-state index contributed by atoms with van der Waals surface area (Å²) in [6.07, 6.45) is 4.60. The molecule has 2 rings (SSSR count). The molecule has 1 fully saturated rings. The molecular formula is C11H15NO3S. The summed E-state index contributed by atoms with van der Waals surface area (Å²) in [5.41, 5.74) is 2.49. The zero-order valence-electron chi connectivity index (χ0n) is 9.19. The van der Waals surface area contributed by atoms with Gasteiger partial charge in [0.25, 0.3) is 5.91 Å². The molecule has 1 amide bonds. The fourth-order valence-electron chi connectivity index (χ4n) is 1.81. The zero-order chi connectivity index (χ0) is 11.4. The third-order valence-electron chi connectivity index (χ3n) is 2.68. The van der Waals surface area contributed by atoms with Gasteiger partial charge in [-0.25, -0.2) is 5.48 Å². The fourth-order valence-corrected chi connectivity index (χ4v) is 2.56.